The molecule has 0 fully saturated rings. The van der Waals surface area contributed by atoms with Crippen molar-refractivity contribution >= 4 is 23.2 Å². The first kappa shape index (κ1) is 19.6. The van der Waals surface area contributed by atoms with Crippen LogP contribution in [0.5, 0.6) is 0 Å². The van der Waals surface area contributed by atoms with Crippen LogP contribution in [-0.4, -0.2) is 16.8 Å². The Kier molecular flexibility index (Phi) is 6.82. The van der Waals surface area contributed by atoms with Gasteiger partial charge in [0.15, 0.2) is 0 Å². The Morgan fingerprint density at radius 3 is 2.58 bits per heavy atom. The molecule has 0 saturated heterocycles. The van der Waals surface area contributed by atoms with Gasteiger partial charge in [-0.3, -0.25) is 4.79 Å². The Hall–Kier alpha value is -2.77. The van der Waals surface area contributed by atoms with Crippen molar-refractivity contribution in [2.24, 2.45) is 0 Å². The Balaban J connectivity index is 2.21. The lowest BCUT2D eigenvalue weighted by molar-refractivity contribution is -0.129. The van der Waals surface area contributed by atoms with Gasteiger partial charge in [0.05, 0.1) is 0 Å². The molecule has 2 aromatic rings. The van der Waals surface area contributed by atoms with Crippen LogP contribution in [0.2, 0.25) is 5.02 Å². The van der Waals surface area contributed by atoms with Crippen molar-refractivity contribution in [1.29, 1.82) is 5.26 Å². The summed E-state index contributed by atoms with van der Waals surface area (Å²) in [7, 11) is 0. The number of halogens is 1. The molecule has 1 amide bonds. The highest BCUT2D eigenvalue weighted by atomic mass is 35.5. The van der Waals surface area contributed by atoms with E-state index >= 15 is 0 Å². The van der Waals surface area contributed by atoms with E-state index in [4.69, 9.17) is 11.6 Å². The third-order valence-electron chi connectivity index (χ3n) is 4.00. The van der Waals surface area contributed by atoms with Crippen molar-refractivity contribution in [2.45, 2.75) is 33.4 Å². The Morgan fingerprint density at radius 1 is 1.27 bits per heavy atom. The van der Waals surface area contributed by atoms with Crippen molar-refractivity contribution in [3.63, 3.8) is 0 Å². The number of hydrogen-bond acceptors (Lipinski definition) is 3. The first-order valence-corrected chi connectivity index (χ1v) is 8.78. The molecule has 4 nitrogen and oxygen atoms in total. The first-order chi connectivity index (χ1) is 12.4. The lowest BCUT2D eigenvalue weighted by Crippen LogP contribution is -2.37. The van der Waals surface area contributed by atoms with Crippen LogP contribution < -0.4 is 5.32 Å². The molecule has 0 radical (unpaired) electrons. The van der Waals surface area contributed by atoms with E-state index in [1.807, 2.05) is 63.2 Å². The molecule has 26 heavy (non-hydrogen) atoms. The second kappa shape index (κ2) is 9.07. The van der Waals surface area contributed by atoms with E-state index in [1.165, 1.54) is 6.20 Å². The zero-order chi connectivity index (χ0) is 19.1. The van der Waals surface area contributed by atoms with E-state index in [2.05, 4.69) is 5.32 Å². The molecule has 0 saturated carbocycles. The molecule has 134 valence electrons. The van der Waals surface area contributed by atoms with Gasteiger partial charge in [0.2, 0.25) is 0 Å². The zero-order valence-corrected chi connectivity index (χ0v) is 15.9. The average molecular weight is 368 g/mol. The molecular weight excluding hydrogens is 346 g/mol. The van der Waals surface area contributed by atoms with E-state index < -0.39 is 0 Å². The Labute approximate surface area is 159 Å². The van der Waals surface area contributed by atoms with Gasteiger partial charge < -0.3 is 10.2 Å². The molecule has 5 heteroatoms. The molecular formula is C21H22ClN3O. The van der Waals surface area contributed by atoms with Crippen LogP contribution in [0.4, 0.5) is 5.69 Å². The number of hydrogen-bond donors (Lipinski definition) is 1. The second-order valence-corrected chi connectivity index (χ2v) is 6.72. The van der Waals surface area contributed by atoms with E-state index in [9.17, 15) is 10.1 Å². The summed E-state index contributed by atoms with van der Waals surface area (Å²) >= 11 is 6.01. The topological polar surface area (TPSA) is 56.1 Å². The van der Waals surface area contributed by atoms with Gasteiger partial charge in [-0.15, -0.1) is 0 Å². The summed E-state index contributed by atoms with van der Waals surface area (Å²) in [6, 6.07) is 17.1. The highest BCUT2D eigenvalue weighted by Gasteiger charge is 2.21. The van der Waals surface area contributed by atoms with Crippen LogP contribution in [0.15, 0.2) is 60.3 Å². The molecule has 2 rings (SSSR count). The summed E-state index contributed by atoms with van der Waals surface area (Å²) in [6.45, 7) is 6.25. The highest BCUT2D eigenvalue weighted by molar-refractivity contribution is 6.30. The van der Waals surface area contributed by atoms with Crippen molar-refractivity contribution in [1.82, 2.24) is 4.90 Å². The van der Waals surface area contributed by atoms with E-state index in [1.54, 1.807) is 17.0 Å². The standard InChI is InChI=1S/C21H22ClN3O/c1-15(2)25(14-17-7-5-4-6-8-17)21(26)18(12-23)13-24-20-11-19(22)10-9-16(20)3/h4-11,13,15,24H,14H2,1-3H3/b18-13-. The monoisotopic (exact) mass is 367 g/mol. The van der Waals surface area contributed by atoms with Crippen LogP contribution in [0.1, 0.15) is 25.0 Å². The fourth-order valence-corrected chi connectivity index (χ4v) is 2.64. The number of nitriles is 1. The summed E-state index contributed by atoms with van der Waals surface area (Å²) < 4.78 is 0. The summed E-state index contributed by atoms with van der Waals surface area (Å²) in [6.07, 6.45) is 1.45. The summed E-state index contributed by atoms with van der Waals surface area (Å²) in [4.78, 5) is 14.5. The minimum absolute atomic E-state index is 0.0349. The maximum atomic E-state index is 12.9. The minimum Gasteiger partial charge on any atom is -0.360 e. The summed E-state index contributed by atoms with van der Waals surface area (Å²) in [5.41, 5.74) is 2.80. The highest BCUT2D eigenvalue weighted by Crippen LogP contribution is 2.21. The Bertz CT molecular complexity index is 838. The van der Waals surface area contributed by atoms with Crippen LogP contribution in [-0.2, 0) is 11.3 Å². The lowest BCUT2D eigenvalue weighted by Gasteiger charge is -2.26. The number of carbonyl (C=O) groups excluding carboxylic acids is 1. The number of amides is 1. The van der Waals surface area contributed by atoms with Crippen molar-refractivity contribution in [3.8, 4) is 6.07 Å². The van der Waals surface area contributed by atoms with E-state index in [0.29, 0.717) is 11.6 Å². The average Bonchev–Trinajstić information content (AvgIpc) is 2.63. The van der Waals surface area contributed by atoms with E-state index in [-0.39, 0.29) is 17.5 Å². The minimum atomic E-state index is -0.307. The molecule has 1 N–H and O–H groups in total. The van der Waals surface area contributed by atoms with Crippen LogP contribution in [0.25, 0.3) is 0 Å². The number of benzene rings is 2. The predicted molar refractivity (Wildman–Crippen MR) is 106 cm³/mol. The fourth-order valence-electron chi connectivity index (χ4n) is 2.47. The van der Waals surface area contributed by atoms with Crippen molar-refractivity contribution in [3.05, 3.63) is 76.5 Å². The van der Waals surface area contributed by atoms with Crippen molar-refractivity contribution in [2.75, 3.05) is 5.32 Å². The molecule has 0 aliphatic rings. The molecule has 0 aliphatic heterocycles. The van der Waals surface area contributed by atoms with Gasteiger partial charge in [-0.05, 0) is 44.0 Å². The maximum Gasteiger partial charge on any atom is 0.266 e. The number of anilines is 1. The van der Waals surface area contributed by atoms with Gasteiger partial charge in [-0.2, -0.15) is 5.26 Å². The molecule has 0 heterocycles. The fraction of sp³-hybridized carbons (Fsp3) is 0.238. The number of carbonyl (C=O) groups is 1. The van der Waals surface area contributed by atoms with Crippen LogP contribution in [0, 0.1) is 18.3 Å². The van der Waals surface area contributed by atoms with Gasteiger partial charge in [-0.25, -0.2) is 0 Å². The largest absolute Gasteiger partial charge is 0.360 e. The Morgan fingerprint density at radius 2 is 1.96 bits per heavy atom. The quantitative estimate of drug-likeness (QED) is 0.583. The third-order valence-corrected chi connectivity index (χ3v) is 4.24. The smallest absolute Gasteiger partial charge is 0.266 e. The molecule has 0 aliphatic carbocycles. The zero-order valence-electron chi connectivity index (χ0n) is 15.2. The number of nitrogens with one attached hydrogen (secondary N) is 1. The number of aryl methyl sites for hydroxylation is 1. The molecule has 0 bridgehead atoms. The first-order valence-electron chi connectivity index (χ1n) is 8.40. The molecule has 2 aromatic carbocycles. The van der Waals surface area contributed by atoms with Gasteiger partial charge >= 0.3 is 0 Å². The second-order valence-electron chi connectivity index (χ2n) is 6.29. The summed E-state index contributed by atoms with van der Waals surface area (Å²) in [5.74, 6) is -0.307. The molecule has 0 atom stereocenters. The van der Waals surface area contributed by atoms with Crippen molar-refractivity contribution < 1.29 is 4.79 Å². The molecule has 0 spiro atoms. The van der Waals surface area contributed by atoms with Gasteiger partial charge in [-0.1, -0.05) is 48.0 Å². The maximum absolute atomic E-state index is 12.9. The van der Waals surface area contributed by atoms with Gasteiger partial charge in [0.1, 0.15) is 11.6 Å². The normalized spacial score (nSPS) is 11.2. The van der Waals surface area contributed by atoms with Crippen LogP contribution in [0.3, 0.4) is 0 Å². The molecule has 0 unspecified atom stereocenters. The van der Waals surface area contributed by atoms with E-state index in [0.717, 1.165) is 16.8 Å². The lowest BCUT2D eigenvalue weighted by atomic mass is 10.1. The van der Waals surface area contributed by atoms with Gasteiger partial charge in [0.25, 0.3) is 5.91 Å². The molecule has 0 aromatic heterocycles. The number of rotatable bonds is 6. The van der Waals surface area contributed by atoms with Gasteiger partial charge in [0, 0.05) is 29.5 Å². The predicted octanol–water partition coefficient (Wildman–Crippen LogP) is 4.91. The summed E-state index contributed by atoms with van der Waals surface area (Å²) in [5, 5.41) is 13.1. The SMILES string of the molecule is Cc1ccc(Cl)cc1N/C=C(/C#N)C(=O)N(Cc1ccccc1)C(C)C. The van der Waals surface area contributed by atoms with Crippen LogP contribution >= 0.6 is 11.6 Å². The number of nitrogens with zero attached hydrogens (tertiary/aromatic N) is 2. The third kappa shape index (κ3) is 5.11.